The molecule has 0 aliphatic heterocycles. The number of carbonyl (C=O) groups excluding carboxylic acids is 1. The Hall–Kier alpha value is -1.95. The van der Waals surface area contributed by atoms with Crippen LogP contribution in [-0.2, 0) is 16.0 Å². The number of phenolic OH excluding ortho intramolecular Hbond substituents is 1. The van der Waals surface area contributed by atoms with Crippen molar-refractivity contribution >= 4 is 5.97 Å². The highest BCUT2D eigenvalue weighted by atomic mass is 16.5. The van der Waals surface area contributed by atoms with Crippen molar-refractivity contribution in [2.45, 2.75) is 58.0 Å². The number of hydrogen-bond donors (Lipinski definition) is 1. The van der Waals surface area contributed by atoms with Gasteiger partial charge in [-0.25, -0.2) is 0 Å². The van der Waals surface area contributed by atoms with E-state index in [9.17, 15) is 9.90 Å². The summed E-state index contributed by atoms with van der Waals surface area (Å²) in [5.74, 6) is 4.81. The van der Waals surface area contributed by atoms with Gasteiger partial charge in [0.15, 0.2) is 0 Å². The Kier molecular flexibility index (Phi) is 3.83. The molecule has 2 saturated carbocycles. The minimum Gasteiger partial charge on any atom is -0.508 e. The third-order valence-corrected chi connectivity index (χ3v) is 7.20. The maximum Gasteiger partial charge on any atom is 0.302 e. The molecule has 0 unspecified atom stereocenters. The molecule has 0 heterocycles. The van der Waals surface area contributed by atoms with Gasteiger partial charge in [-0.05, 0) is 73.1 Å². The maximum absolute atomic E-state index is 11.5. The average molecular weight is 338 g/mol. The lowest BCUT2D eigenvalue weighted by Crippen LogP contribution is -2.47. The number of fused-ring (bicyclic) bond motifs is 5. The monoisotopic (exact) mass is 338 g/mol. The first-order chi connectivity index (χ1) is 11.9. The summed E-state index contributed by atoms with van der Waals surface area (Å²) < 4.78 is 5.69. The van der Waals surface area contributed by atoms with Crippen molar-refractivity contribution in [3.8, 4) is 18.1 Å². The molecule has 3 heteroatoms. The molecule has 1 aromatic rings. The van der Waals surface area contributed by atoms with Gasteiger partial charge >= 0.3 is 5.97 Å². The van der Waals surface area contributed by atoms with E-state index in [4.69, 9.17) is 11.2 Å². The van der Waals surface area contributed by atoms with Crippen LogP contribution in [0, 0.1) is 35.5 Å². The Morgan fingerprint density at radius 2 is 2.16 bits per heavy atom. The van der Waals surface area contributed by atoms with Crippen molar-refractivity contribution in [2.24, 2.45) is 23.2 Å². The van der Waals surface area contributed by atoms with Crippen LogP contribution >= 0.6 is 0 Å². The zero-order valence-corrected chi connectivity index (χ0v) is 15.0. The molecule has 132 valence electrons. The maximum atomic E-state index is 11.5. The van der Waals surface area contributed by atoms with Crippen LogP contribution in [0.1, 0.15) is 56.6 Å². The fourth-order valence-corrected chi connectivity index (χ4v) is 6.14. The molecule has 3 nitrogen and oxygen atoms in total. The predicted molar refractivity (Wildman–Crippen MR) is 96.0 cm³/mol. The molecule has 0 saturated heterocycles. The quantitative estimate of drug-likeness (QED) is 0.621. The first-order valence-corrected chi connectivity index (χ1v) is 9.39. The number of esters is 1. The molecular weight excluding hydrogens is 312 g/mol. The van der Waals surface area contributed by atoms with Crippen LogP contribution in [0.3, 0.4) is 0 Å². The second-order valence-corrected chi connectivity index (χ2v) is 8.37. The minimum absolute atomic E-state index is 0.0237. The van der Waals surface area contributed by atoms with Crippen LogP contribution in [0.5, 0.6) is 5.75 Å². The Morgan fingerprint density at radius 1 is 1.36 bits per heavy atom. The second-order valence-electron chi connectivity index (χ2n) is 8.37. The topological polar surface area (TPSA) is 46.5 Å². The van der Waals surface area contributed by atoms with Crippen molar-refractivity contribution in [1.29, 1.82) is 0 Å². The third kappa shape index (κ3) is 2.46. The van der Waals surface area contributed by atoms with Gasteiger partial charge in [-0.1, -0.05) is 13.0 Å². The average Bonchev–Trinajstić information content (AvgIpc) is 2.89. The van der Waals surface area contributed by atoms with Crippen molar-refractivity contribution in [3.05, 3.63) is 29.3 Å². The van der Waals surface area contributed by atoms with Crippen molar-refractivity contribution in [1.82, 2.24) is 0 Å². The summed E-state index contributed by atoms with van der Waals surface area (Å²) in [6.45, 7) is 3.81. The van der Waals surface area contributed by atoms with Crippen LogP contribution in [-0.4, -0.2) is 17.2 Å². The van der Waals surface area contributed by atoms with E-state index in [-0.39, 0.29) is 23.4 Å². The highest BCUT2D eigenvalue weighted by Gasteiger charge is 2.58. The van der Waals surface area contributed by atoms with Gasteiger partial charge in [-0.3, -0.25) is 4.79 Å². The number of rotatable bonds is 1. The summed E-state index contributed by atoms with van der Waals surface area (Å²) in [5.41, 5.74) is 2.62. The first-order valence-electron chi connectivity index (χ1n) is 9.39. The van der Waals surface area contributed by atoms with Crippen LogP contribution in [0.4, 0.5) is 0 Å². The molecule has 4 rings (SSSR count). The van der Waals surface area contributed by atoms with E-state index in [1.165, 1.54) is 18.1 Å². The van der Waals surface area contributed by atoms with Crippen molar-refractivity contribution in [3.63, 3.8) is 0 Å². The molecule has 0 amide bonds. The van der Waals surface area contributed by atoms with Gasteiger partial charge in [0, 0.05) is 18.3 Å². The van der Waals surface area contributed by atoms with E-state index < -0.39 is 0 Å². The van der Waals surface area contributed by atoms with Crippen molar-refractivity contribution in [2.75, 3.05) is 0 Å². The Labute approximate surface area is 149 Å². The predicted octanol–water partition coefficient (Wildman–Crippen LogP) is 4.04. The summed E-state index contributed by atoms with van der Waals surface area (Å²) in [6, 6.07) is 5.78. The second kappa shape index (κ2) is 5.80. The molecule has 0 bridgehead atoms. The smallest absolute Gasteiger partial charge is 0.302 e. The summed E-state index contributed by atoms with van der Waals surface area (Å²) >= 11 is 0. The SMILES string of the molecule is C#C[C@@H]1Cc2cc(O)ccc2[C@H]2CC[C@]3(C)[C@@H](OC(C)=O)CC[C@H]3[C@H]12. The fourth-order valence-electron chi connectivity index (χ4n) is 6.14. The number of hydrogen-bond acceptors (Lipinski definition) is 3. The Morgan fingerprint density at radius 3 is 2.88 bits per heavy atom. The van der Waals surface area contributed by atoms with Gasteiger partial charge in [0.2, 0.25) is 0 Å². The van der Waals surface area contributed by atoms with Gasteiger partial charge in [-0.15, -0.1) is 12.3 Å². The zero-order chi connectivity index (χ0) is 17.8. The van der Waals surface area contributed by atoms with Gasteiger partial charge in [0.05, 0.1) is 0 Å². The lowest BCUT2D eigenvalue weighted by molar-refractivity contribution is -0.155. The number of terminal acetylenes is 1. The molecule has 0 aromatic heterocycles. The van der Waals surface area contributed by atoms with E-state index in [0.29, 0.717) is 23.5 Å². The van der Waals surface area contributed by atoms with E-state index in [0.717, 1.165) is 32.1 Å². The number of carbonyl (C=O) groups is 1. The number of aromatic hydroxyl groups is 1. The number of benzene rings is 1. The number of ether oxygens (including phenoxy) is 1. The third-order valence-electron chi connectivity index (χ3n) is 7.20. The van der Waals surface area contributed by atoms with Gasteiger partial charge in [-0.2, -0.15) is 0 Å². The lowest BCUT2D eigenvalue weighted by atomic mass is 9.52. The largest absolute Gasteiger partial charge is 0.508 e. The zero-order valence-electron chi connectivity index (χ0n) is 15.0. The Bertz CT molecular complexity index is 746. The number of phenols is 1. The molecule has 2 fully saturated rings. The molecule has 0 radical (unpaired) electrons. The summed E-state index contributed by atoms with van der Waals surface area (Å²) in [5, 5.41) is 9.85. The van der Waals surface area contributed by atoms with Crippen LogP contribution in [0.2, 0.25) is 0 Å². The van der Waals surface area contributed by atoms with Gasteiger partial charge in [0.25, 0.3) is 0 Å². The Balaban J connectivity index is 1.72. The molecule has 1 aromatic carbocycles. The van der Waals surface area contributed by atoms with Crippen LogP contribution in [0.15, 0.2) is 18.2 Å². The summed E-state index contributed by atoms with van der Waals surface area (Å²) in [7, 11) is 0. The summed E-state index contributed by atoms with van der Waals surface area (Å²) in [4.78, 5) is 11.5. The molecule has 0 spiro atoms. The van der Waals surface area contributed by atoms with E-state index >= 15 is 0 Å². The molecule has 3 aliphatic carbocycles. The van der Waals surface area contributed by atoms with E-state index in [1.54, 1.807) is 6.07 Å². The lowest BCUT2D eigenvalue weighted by Gasteiger charge is -2.52. The molecule has 25 heavy (non-hydrogen) atoms. The highest BCUT2D eigenvalue weighted by molar-refractivity contribution is 5.66. The van der Waals surface area contributed by atoms with E-state index in [1.807, 2.05) is 6.07 Å². The molecule has 1 N–H and O–H groups in total. The fraction of sp³-hybridized carbons (Fsp3) is 0.591. The molecular formula is C22H26O3. The highest BCUT2D eigenvalue weighted by Crippen LogP contribution is 2.62. The van der Waals surface area contributed by atoms with E-state index in [2.05, 4.69) is 18.9 Å². The van der Waals surface area contributed by atoms with Gasteiger partial charge < -0.3 is 9.84 Å². The minimum atomic E-state index is -0.174. The standard InChI is InChI=1S/C22H26O3/c1-4-14-11-15-12-16(24)5-6-17(15)18-9-10-22(3)19(21(14)18)7-8-20(22)25-13(2)23/h1,5-6,12,14,18-21,24H,7-11H2,2-3H3/t14-,18-,19+,20+,21-,22+/m1/s1. The van der Waals surface area contributed by atoms with Crippen molar-refractivity contribution < 1.29 is 14.6 Å². The van der Waals surface area contributed by atoms with Crippen LogP contribution < -0.4 is 0 Å². The molecule has 6 atom stereocenters. The van der Waals surface area contributed by atoms with Crippen LogP contribution in [0.25, 0.3) is 0 Å². The normalized spacial score (nSPS) is 38.8. The molecule has 3 aliphatic rings. The van der Waals surface area contributed by atoms with Gasteiger partial charge in [0.1, 0.15) is 11.9 Å². The summed E-state index contributed by atoms with van der Waals surface area (Å²) in [6.07, 6.45) is 11.0. The first kappa shape index (κ1) is 16.5.